The standard InChI is InChI=1S/C25H32N4O8S/c1-14(22(31)26-12-19(30)35-3)27-23(32)17-13-38-24(28-17)15-8-10-29(11-9-15)25(33)16-6-7-18(34-2)21(37-5)20(16)36-4/h6-7,13-15H,8-12H2,1-5H3,(H,26,31)(H,27,32). The van der Waals surface area contributed by atoms with E-state index in [1.165, 1.54) is 46.7 Å². The molecule has 2 N–H and O–H groups in total. The Bertz CT molecular complexity index is 1180. The van der Waals surface area contributed by atoms with Gasteiger partial charge in [-0.3, -0.25) is 19.2 Å². The zero-order valence-corrected chi connectivity index (χ0v) is 22.8. The van der Waals surface area contributed by atoms with Gasteiger partial charge in [-0.05, 0) is 31.9 Å². The molecule has 206 valence electrons. The van der Waals surface area contributed by atoms with Crippen molar-refractivity contribution < 1.29 is 38.1 Å². The molecule has 13 heteroatoms. The van der Waals surface area contributed by atoms with Crippen molar-refractivity contribution in [2.24, 2.45) is 0 Å². The SMILES string of the molecule is COC(=O)CNC(=O)C(C)NC(=O)c1csc(C2CCN(C(=O)c3ccc(OC)c(OC)c3OC)CC2)n1. The van der Waals surface area contributed by atoms with Crippen molar-refractivity contribution in [1.29, 1.82) is 0 Å². The summed E-state index contributed by atoms with van der Waals surface area (Å²) in [6.07, 6.45) is 1.37. The first kappa shape index (κ1) is 28.7. The number of aromatic nitrogens is 1. The van der Waals surface area contributed by atoms with Gasteiger partial charge in [-0.1, -0.05) is 0 Å². The van der Waals surface area contributed by atoms with Crippen molar-refractivity contribution in [2.75, 3.05) is 48.1 Å². The number of esters is 1. The van der Waals surface area contributed by atoms with Gasteiger partial charge in [0.25, 0.3) is 11.8 Å². The van der Waals surface area contributed by atoms with E-state index in [9.17, 15) is 19.2 Å². The van der Waals surface area contributed by atoms with Crippen LogP contribution in [0, 0.1) is 0 Å². The molecule has 0 radical (unpaired) electrons. The van der Waals surface area contributed by atoms with E-state index in [-0.39, 0.29) is 24.1 Å². The van der Waals surface area contributed by atoms with Gasteiger partial charge in [-0.2, -0.15) is 0 Å². The van der Waals surface area contributed by atoms with Crippen LogP contribution in [0.2, 0.25) is 0 Å². The molecule has 1 aliphatic rings. The predicted molar refractivity (Wildman–Crippen MR) is 138 cm³/mol. The van der Waals surface area contributed by atoms with E-state index in [0.717, 1.165) is 5.01 Å². The minimum atomic E-state index is -0.861. The Morgan fingerprint density at radius 3 is 2.34 bits per heavy atom. The number of thiazole rings is 1. The molecule has 1 atom stereocenters. The van der Waals surface area contributed by atoms with Crippen LogP contribution in [0.15, 0.2) is 17.5 Å². The molecule has 2 aromatic rings. The summed E-state index contributed by atoms with van der Waals surface area (Å²) in [7, 11) is 5.70. The monoisotopic (exact) mass is 548 g/mol. The minimum Gasteiger partial charge on any atom is -0.493 e. The van der Waals surface area contributed by atoms with E-state index >= 15 is 0 Å². The van der Waals surface area contributed by atoms with Gasteiger partial charge in [0.2, 0.25) is 11.7 Å². The third-order valence-electron chi connectivity index (χ3n) is 6.20. The van der Waals surface area contributed by atoms with E-state index in [1.54, 1.807) is 22.4 Å². The number of benzene rings is 1. The molecular weight excluding hydrogens is 516 g/mol. The number of carbonyl (C=O) groups excluding carboxylic acids is 4. The molecule has 1 fully saturated rings. The highest BCUT2D eigenvalue weighted by Gasteiger charge is 2.30. The first-order valence-electron chi connectivity index (χ1n) is 11.9. The largest absolute Gasteiger partial charge is 0.493 e. The fraction of sp³-hybridized carbons (Fsp3) is 0.480. The van der Waals surface area contributed by atoms with E-state index in [4.69, 9.17) is 14.2 Å². The topological polar surface area (TPSA) is 145 Å². The summed E-state index contributed by atoms with van der Waals surface area (Å²) in [6, 6.07) is 2.48. The number of amides is 3. The Labute approximate surface area is 224 Å². The van der Waals surface area contributed by atoms with Gasteiger partial charge in [0, 0.05) is 24.4 Å². The third kappa shape index (κ3) is 6.52. The second-order valence-electron chi connectivity index (χ2n) is 8.51. The first-order valence-corrected chi connectivity index (χ1v) is 12.8. The number of nitrogens with one attached hydrogen (secondary N) is 2. The number of piperidine rings is 1. The minimum absolute atomic E-state index is 0.0960. The molecule has 0 spiro atoms. The van der Waals surface area contributed by atoms with Crippen LogP contribution >= 0.6 is 11.3 Å². The summed E-state index contributed by atoms with van der Waals surface area (Å²) in [5, 5.41) is 7.42. The molecule has 1 aromatic heterocycles. The van der Waals surface area contributed by atoms with Crippen LogP contribution in [0.5, 0.6) is 17.2 Å². The van der Waals surface area contributed by atoms with Crippen molar-refractivity contribution in [3.63, 3.8) is 0 Å². The quantitative estimate of drug-likeness (QED) is 0.423. The summed E-state index contributed by atoms with van der Waals surface area (Å²) >= 11 is 1.37. The molecule has 1 aromatic carbocycles. The lowest BCUT2D eigenvalue weighted by molar-refractivity contribution is -0.141. The summed E-state index contributed by atoms with van der Waals surface area (Å²) < 4.78 is 20.6. The van der Waals surface area contributed by atoms with Crippen LogP contribution in [0.3, 0.4) is 0 Å². The van der Waals surface area contributed by atoms with Crippen molar-refractivity contribution in [2.45, 2.75) is 31.7 Å². The van der Waals surface area contributed by atoms with Crippen LogP contribution in [-0.2, 0) is 14.3 Å². The Morgan fingerprint density at radius 1 is 1.05 bits per heavy atom. The van der Waals surface area contributed by atoms with Crippen LogP contribution in [0.4, 0.5) is 0 Å². The number of nitrogens with zero attached hydrogens (tertiary/aromatic N) is 2. The molecule has 1 saturated heterocycles. The Morgan fingerprint density at radius 2 is 1.74 bits per heavy atom. The number of ether oxygens (including phenoxy) is 4. The van der Waals surface area contributed by atoms with Gasteiger partial charge in [0.15, 0.2) is 11.5 Å². The highest BCUT2D eigenvalue weighted by molar-refractivity contribution is 7.09. The zero-order valence-electron chi connectivity index (χ0n) is 22.0. The van der Waals surface area contributed by atoms with Gasteiger partial charge in [-0.15, -0.1) is 11.3 Å². The highest BCUT2D eigenvalue weighted by Crippen LogP contribution is 2.40. The smallest absolute Gasteiger partial charge is 0.325 e. The third-order valence-corrected chi connectivity index (χ3v) is 7.20. The summed E-state index contributed by atoms with van der Waals surface area (Å²) in [5.41, 5.74) is 0.604. The van der Waals surface area contributed by atoms with Gasteiger partial charge in [-0.25, -0.2) is 4.98 Å². The number of carbonyl (C=O) groups is 4. The van der Waals surface area contributed by atoms with Gasteiger partial charge < -0.3 is 34.5 Å². The molecule has 2 heterocycles. The van der Waals surface area contributed by atoms with E-state index in [2.05, 4.69) is 20.4 Å². The number of hydrogen-bond donors (Lipinski definition) is 2. The number of hydrogen-bond acceptors (Lipinski definition) is 10. The van der Waals surface area contributed by atoms with Crippen LogP contribution in [0.25, 0.3) is 0 Å². The molecule has 1 aliphatic heterocycles. The van der Waals surface area contributed by atoms with E-state index in [1.807, 2.05) is 0 Å². The van der Waals surface area contributed by atoms with Crippen molar-refractivity contribution in [1.82, 2.24) is 20.5 Å². The highest BCUT2D eigenvalue weighted by atomic mass is 32.1. The maximum atomic E-state index is 13.3. The maximum absolute atomic E-state index is 13.3. The lowest BCUT2D eigenvalue weighted by atomic mass is 9.97. The Balaban J connectivity index is 1.58. The molecule has 38 heavy (non-hydrogen) atoms. The number of likely N-dealkylation sites (tertiary alicyclic amines) is 1. The molecule has 0 aliphatic carbocycles. The molecule has 3 amide bonds. The average Bonchev–Trinajstić information content (AvgIpc) is 3.45. The zero-order chi connectivity index (χ0) is 27.8. The van der Waals surface area contributed by atoms with Crippen molar-refractivity contribution >= 4 is 35.0 Å². The number of rotatable bonds is 10. The Hall–Kier alpha value is -3.87. The fourth-order valence-corrected chi connectivity index (χ4v) is 5.04. The molecule has 3 rings (SSSR count). The summed E-state index contributed by atoms with van der Waals surface area (Å²) in [6.45, 7) is 2.26. The van der Waals surface area contributed by atoms with Crippen LogP contribution in [0.1, 0.15) is 51.5 Å². The predicted octanol–water partition coefficient (Wildman–Crippen LogP) is 1.60. The molecule has 0 bridgehead atoms. The average molecular weight is 549 g/mol. The van der Waals surface area contributed by atoms with Gasteiger partial charge >= 0.3 is 5.97 Å². The Kier molecular flexibility index (Phi) is 9.88. The van der Waals surface area contributed by atoms with Crippen molar-refractivity contribution in [3.8, 4) is 17.2 Å². The normalized spacial score (nSPS) is 14.3. The van der Waals surface area contributed by atoms with Crippen LogP contribution in [-0.4, -0.2) is 87.7 Å². The summed E-state index contributed by atoms with van der Waals surface area (Å²) in [5.74, 6) is -0.499. The van der Waals surface area contributed by atoms with Crippen LogP contribution < -0.4 is 24.8 Å². The number of methoxy groups -OCH3 is 4. The van der Waals surface area contributed by atoms with Gasteiger partial charge in [0.05, 0.1) is 39.0 Å². The molecule has 0 saturated carbocycles. The lowest BCUT2D eigenvalue weighted by Crippen LogP contribution is -2.46. The molecular formula is C25H32N4O8S. The summed E-state index contributed by atoms with van der Waals surface area (Å²) in [4.78, 5) is 55.3. The molecule has 1 unspecified atom stereocenters. The van der Waals surface area contributed by atoms with E-state index < -0.39 is 23.8 Å². The second kappa shape index (κ2) is 13.1. The second-order valence-corrected chi connectivity index (χ2v) is 9.40. The van der Waals surface area contributed by atoms with Crippen molar-refractivity contribution in [3.05, 3.63) is 33.8 Å². The maximum Gasteiger partial charge on any atom is 0.325 e. The first-order chi connectivity index (χ1) is 18.2. The lowest BCUT2D eigenvalue weighted by Gasteiger charge is -2.31. The van der Waals surface area contributed by atoms with Gasteiger partial charge in [0.1, 0.15) is 18.3 Å². The van der Waals surface area contributed by atoms with E-state index in [0.29, 0.717) is 48.7 Å². The fourth-order valence-electron chi connectivity index (χ4n) is 4.07. The molecule has 12 nitrogen and oxygen atoms in total.